The molecule has 0 radical (unpaired) electrons. The predicted octanol–water partition coefficient (Wildman–Crippen LogP) is 6.39. The topological polar surface area (TPSA) is 22.1 Å². The number of hydrogen-bond donors (Lipinski definition) is 0. The fourth-order valence-corrected chi connectivity index (χ4v) is 3.49. The first-order chi connectivity index (χ1) is 12.9. The van der Waals surface area contributed by atoms with E-state index < -0.39 is 11.7 Å². The molecule has 3 aromatic carbocycles. The first-order valence-electron chi connectivity index (χ1n) is 8.44. The van der Waals surface area contributed by atoms with Crippen molar-refractivity contribution in [3.63, 3.8) is 0 Å². The number of methoxy groups -OCH3 is 1. The Kier molecular flexibility index (Phi) is 4.02. The first-order valence-corrected chi connectivity index (χ1v) is 8.44. The lowest BCUT2D eigenvalue weighted by Crippen LogP contribution is -2.11. The van der Waals surface area contributed by atoms with Gasteiger partial charge in [0.15, 0.2) is 0 Å². The van der Waals surface area contributed by atoms with E-state index in [9.17, 15) is 13.2 Å². The Hall–Kier alpha value is -3.08. The minimum Gasteiger partial charge on any atom is -0.497 e. The Bertz CT molecular complexity index is 1150. The lowest BCUT2D eigenvalue weighted by Gasteiger charge is -2.18. The van der Waals surface area contributed by atoms with Crippen LogP contribution < -0.4 is 4.74 Å². The van der Waals surface area contributed by atoms with Crippen LogP contribution in [0.2, 0.25) is 0 Å². The molecule has 5 heteroatoms. The second kappa shape index (κ2) is 6.27. The third kappa shape index (κ3) is 2.89. The third-order valence-corrected chi connectivity index (χ3v) is 4.77. The molecular weight excluding hydrogens is 351 g/mol. The fourth-order valence-electron chi connectivity index (χ4n) is 3.49. The lowest BCUT2D eigenvalue weighted by atomic mass is 9.95. The summed E-state index contributed by atoms with van der Waals surface area (Å²) in [5.74, 6) is 0.638. The molecule has 0 fully saturated rings. The summed E-state index contributed by atoms with van der Waals surface area (Å²) >= 11 is 0. The summed E-state index contributed by atoms with van der Waals surface area (Å²) in [6.07, 6.45) is -4.48. The first kappa shape index (κ1) is 17.3. The summed E-state index contributed by atoms with van der Waals surface area (Å²) in [6, 6.07) is 17.5. The maximum atomic E-state index is 13.9. The standard InChI is InChI=1S/C22H16F3NO/c1-13-19(22(23,24)25)18-12-9-14-5-3-4-6-17(14)21(18)26-20(13)15-7-10-16(27-2)11-8-15/h3-12H,1-2H3. The molecule has 27 heavy (non-hydrogen) atoms. The van der Waals surface area contributed by atoms with Gasteiger partial charge in [0.25, 0.3) is 0 Å². The molecule has 4 aromatic rings. The molecule has 0 atom stereocenters. The third-order valence-electron chi connectivity index (χ3n) is 4.77. The molecular formula is C22H16F3NO. The molecule has 0 saturated heterocycles. The molecule has 0 bridgehead atoms. The number of pyridine rings is 1. The van der Waals surface area contributed by atoms with Gasteiger partial charge in [-0.25, -0.2) is 4.98 Å². The number of hydrogen-bond acceptors (Lipinski definition) is 2. The number of nitrogens with zero attached hydrogens (tertiary/aromatic N) is 1. The van der Waals surface area contributed by atoms with Gasteiger partial charge in [-0.15, -0.1) is 0 Å². The monoisotopic (exact) mass is 367 g/mol. The van der Waals surface area contributed by atoms with Gasteiger partial charge in [-0.2, -0.15) is 13.2 Å². The van der Waals surface area contributed by atoms with Gasteiger partial charge in [0.2, 0.25) is 0 Å². The molecule has 2 nitrogen and oxygen atoms in total. The summed E-state index contributed by atoms with van der Waals surface area (Å²) < 4.78 is 47.0. The van der Waals surface area contributed by atoms with Crippen LogP contribution in [0, 0.1) is 6.92 Å². The summed E-state index contributed by atoms with van der Waals surface area (Å²) in [7, 11) is 1.54. The van der Waals surface area contributed by atoms with Gasteiger partial charge in [-0.3, -0.25) is 0 Å². The molecule has 0 unspecified atom stereocenters. The fraction of sp³-hybridized carbons (Fsp3) is 0.136. The van der Waals surface area contributed by atoms with Crippen molar-refractivity contribution in [3.05, 3.63) is 71.8 Å². The second-order valence-corrected chi connectivity index (χ2v) is 6.37. The Morgan fingerprint density at radius 2 is 1.56 bits per heavy atom. The van der Waals surface area contributed by atoms with Crippen LogP contribution in [0.4, 0.5) is 13.2 Å². The van der Waals surface area contributed by atoms with Crippen LogP contribution in [0.3, 0.4) is 0 Å². The van der Waals surface area contributed by atoms with Crippen LogP contribution >= 0.6 is 0 Å². The number of alkyl halides is 3. The van der Waals surface area contributed by atoms with E-state index in [0.717, 1.165) is 5.39 Å². The molecule has 0 aliphatic rings. The van der Waals surface area contributed by atoms with Gasteiger partial charge in [-0.05, 0) is 42.1 Å². The van der Waals surface area contributed by atoms with Crippen LogP contribution in [-0.2, 0) is 6.18 Å². The van der Waals surface area contributed by atoms with Gasteiger partial charge in [0.05, 0.1) is 23.9 Å². The highest BCUT2D eigenvalue weighted by molar-refractivity contribution is 6.07. The molecule has 0 amide bonds. The second-order valence-electron chi connectivity index (χ2n) is 6.37. The van der Waals surface area contributed by atoms with Crippen molar-refractivity contribution >= 4 is 21.7 Å². The SMILES string of the molecule is COc1ccc(-c2nc3c(ccc4ccccc43)c(C(F)(F)F)c2C)cc1. The summed E-state index contributed by atoms with van der Waals surface area (Å²) in [5, 5.41) is 1.68. The number of aromatic nitrogens is 1. The molecule has 4 rings (SSSR count). The zero-order valence-electron chi connectivity index (χ0n) is 14.8. The van der Waals surface area contributed by atoms with Crippen molar-refractivity contribution in [2.45, 2.75) is 13.1 Å². The largest absolute Gasteiger partial charge is 0.497 e. The van der Waals surface area contributed by atoms with Crippen molar-refractivity contribution in [2.75, 3.05) is 7.11 Å². The smallest absolute Gasteiger partial charge is 0.417 e. The van der Waals surface area contributed by atoms with Gasteiger partial charge < -0.3 is 4.74 Å². The average molecular weight is 367 g/mol. The average Bonchev–Trinajstić information content (AvgIpc) is 2.66. The van der Waals surface area contributed by atoms with Gasteiger partial charge in [0.1, 0.15) is 5.75 Å². The number of rotatable bonds is 2. The van der Waals surface area contributed by atoms with Crippen molar-refractivity contribution in [3.8, 4) is 17.0 Å². The van der Waals surface area contributed by atoms with Crippen LogP contribution in [0.15, 0.2) is 60.7 Å². The van der Waals surface area contributed by atoms with Crippen molar-refractivity contribution < 1.29 is 17.9 Å². The van der Waals surface area contributed by atoms with Crippen LogP contribution in [0.5, 0.6) is 5.75 Å². The van der Waals surface area contributed by atoms with Crippen molar-refractivity contribution in [2.24, 2.45) is 0 Å². The minimum atomic E-state index is -4.48. The number of benzene rings is 3. The summed E-state index contributed by atoms with van der Waals surface area (Å²) in [6.45, 7) is 1.48. The molecule has 1 heterocycles. The van der Waals surface area contributed by atoms with Gasteiger partial charge >= 0.3 is 6.18 Å². The number of fused-ring (bicyclic) bond motifs is 3. The molecule has 0 aliphatic carbocycles. The lowest BCUT2D eigenvalue weighted by molar-refractivity contribution is -0.136. The summed E-state index contributed by atoms with van der Waals surface area (Å²) in [5.41, 5.74) is 0.791. The maximum Gasteiger partial charge on any atom is 0.417 e. The van der Waals surface area contributed by atoms with E-state index in [1.165, 1.54) is 13.0 Å². The Balaban J connectivity index is 2.12. The normalized spacial score (nSPS) is 11.9. The molecule has 136 valence electrons. The van der Waals surface area contributed by atoms with Gasteiger partial charge in [-0.1, -0.05) is 36.4 Å². The van der Waals surface area contributed by atoms with E-state index in [4.69, 9.17) is 4.74 Å². The van der Waals surface area contributed by atoms with Crippen LogP contribution in [0.25, 0.3) is 32.9 Å². The molecule has 1 aromatic heterocycles. The predicted molar refractivity (Wildman–Crippen MR) is 101 cm³/mol. The zero-order chi connectivity index (χ0) is 19.2. The van der Waals surface area contributed by atoms with E-state index in [1.54, 1.807) is 43.5 Å². The summed E-state index contributed by atoms with van der Waals surface area (Å²) in [4.78, 5) is 4.66. The Labute approximate surface area is 154 Å². The highest BCUT2D eigenvalue weighted by Gasteiger charge is 2.36. The Morgan fingerprint density at radius 3 is 2.22 bits per heavy atom. The van der Waals surface area contributed by atoms with E-state index >= 15 is 0 Å². The Morgan fingerprint density at radius 1 is 0.852 bits per heavy atom. The van der Waals surface area contributed by atoms with Gasteiger partial charge in [0, 0.05) is 16.3 Å². The highest BCUT2D eigenvalue weighted by Crippen LogP contribution is 2.41. The molecule has 0 aliphatic heterocycles. The van der Waals surface area contributed by atoms with Crippen LogP contribution in [-0.4, -0.2) is 12.1 Å². The minimum absolute atomic E-state index is 0.121. The maximum absolute atomic E-state index is 13.9. The molecule has 0 saturated carbocycles. The zero-order valence-corrected chi connectivity index (χ0v) is 14.8. The van der Waals surface area contributed by atoms with Crippen LogP contribution in [0.1, 0.15) is 11.1 Å². The van der Waals surface area contributed by atoms with Crippen molar-refractivity contribution in [1.29, 1.82) is 0 Å². The van der Waals surface area contributed by atoms with E-state index in [1.807, 2.05) is 18.2 Å². The van der Waals surface area contributed by atoms with Crippen molar-refractivity contribution in [1.82, 2.24) is 4.98 Å². The highest BCUT2D eigenvalue weighted by atomic mass is 19.4. The molecule has 0 N–H and O–H groups in total. The number of ether oxygens (including phenoxy) is 1. The van der Waals surface area contributed by atoms with E-state index in [2.05, 4.69) is 4.98 Å². The van der Waals surface area contributed by atoms with E-state index in [0.29, 0.717) is 27.9 Å². The molecule has 0 spiro atoms. The number of halogens is 3. The quantitative estimate of drug-likeness (QED) is 0.383. The van der Waals surface area contributed by atoms with E-state index in [-0.39, 0.29) is 10.9 Å².